The van der Waals surface area contributed by atoms with Gasteiger partial charge in [0.25, 0.3) is 0 Å². The standard InChI is InChI=1S/C12H19N3O/c1-10(12-8-13-11(2)14-9-12)15-4-3-6-16-7-5-15/h8-10H,3-7H2,1-2H3. The first kappa shape index (κ1) is 11.5. The molecule has 1 saturated heterocycles. The highest BCUT2D eigenvalue weighted by Gasteiger charge is 2.17. The lowest BCUT2D eigenvalue weighted by molar-refractivity contribution is 0.134. The average Bonchev–Trinajstić information content (AvgIpc) is 2.57. The van der Waals surface area contributed by atoms with Gasteiger partial charge in [0.05, 0.1) is 6.61 Å². The Morgan fingerprint density at radius 2 is 2.00 bits per heavy atom. The molecule has 0 N–H and O–H groups in total. The third kappa shape index (κ3) is 2.77. The number of rotatable bonds is 2. The Hall–Kier alpha value is -1.00. The van der Waals surface area contributed by atoms with Crippen LogP contribution in [0, 0.1) is 6.92 Å². The summed E-state index contributed by atoms with van der Waals surface area (Å²) in [5, 5.41) is 0. The average molecular weight is 221 g/mol. The van der Waals surface area contributed by atoms with Crippen molar-refractivity contribution in [1.82, 2.24) is 14.9 Å². The van der Waals surface area contributed by atoms with E-state index in [0.29, 0.717) is 6.04 Å². The van der Waals surface area contributed by atoms with Crippen LogP contribution in [-0.2, 0) is 4.74 Å². The molecule has 4 nitrogen and oxygen atoms in total. The van der Waals surface area contributed by atoms with Crippen LogP contribution in [0.2, 0.25) is 0 Å². The van der Waals surface area contributed by atoms with E-state index in [1.165, 1.54) is 5.56 Å². The molecule has 4 heteroatoms. The Labute approximate surface area is 96.7 Å². The fourth-order valence-corrected chi connectivity index (χ4v) is 1.98. The largest absolute Gasteiger partial charge is 0.380 e. The molecule has 1 aromatic rings. The number of hydrogen-bond acceptors (Lipinski definition) is 4. The predicted molar refractivity (Wildman–Crippen MR) is 62.2 cm³/mol. The van der Waals surface area contributed by atoms with Gasteiger partial charge in [0, 0.05) is 43.7 Å². The van der Waals surface area contributed by atoms with Gasteiger partial charge in [0.15, 0.2) is 0 Å². The highest BCUT2D eigenvalue weighted by molar-refractivity contribution is 5.10. The maximum Gasteiger partial charge on any atom is 0.125 e. The van der Waals surface area contributed by atoms with E-state index >= 15 is 0 Å². The summed E-state index contributed by atoms with van der Waals surface area (Å²) in [6.45, 7) is 7.92. The van der Waals surface area contributed by atoms with E-state index in [4.69, 9.17) is 4.74 Å². The first-order chi connectivity index (χ1) is 7.77. The molecule has 16 heavy (non-hydrogen) atoms. The molecule has 1 unspecified atom stereocenters. The van der Waals surface area contributed by atoms with Gasteiger partial charge in [-0.15, -0.1) is 0 Å². The summed E-state index contributed by atoms with van der Waals surface area (Å²) in [4.78, 5) is 10.9. The molecule has 2 rings (SSSR count). The van der Waals surface area contributed by atoms with E-state index in [1.807, 2.05) is 19.3 Å². The van der Waals surface area contributed by atoms with Gasteiger partial charge in [0.2, 0.25) is 0 Å². The third-order valence-corrected chi connectivity index (χ3v) is 3.09. The molecular weight excluding hydrogens is 202 g/mol. The zero-order valence-corrected chi connectivity index (χ0v) is 10.0. The van der Waals surface area contributed by atoms with Crippen molar-refractivity contribution in [2.24, 2.45) is 0 Å². The summed E-state index contributed by atoms with van der Waals surface area (Å²) in [6.07, 6.45) is 4.97. The summed E-state index contributed by atoms with van der Waals surface area (Å²) >= 11 is 0. The van der Waals surface area contributed by atoms with Crippen molar-refractivity contribution in [3.8, 4) is 0 Å². The van der Waals surface area contributed by atoms with Crippen LogP contribution in [0.25, 0.3) is 0 Å². The van der Waals surface area contributed by atoms with Crippen LogP contribution in [0.15, 0.2) is 12.4 Å². The number of hydrogen-bond donors (Lipinski definition) is 0. The second kappa shape index (κ2) is 5.37. The van der Waals surface area contributed by atoms with E-state index in [0.717, 1.165) is 38.5 Å². The van der Waals surface area contributed by atoms with Gasteiger partial charge in [-0.1, -0.05) is 0 Å². The minimum Gasteiger partial charge on any atom is -0.380 e. The van der Waals surface area contributed by atoms with Crippen LogP contribution in [0.3, 0.4) is 0 Å². The van der Waals surface area contributed by atoms with Crippen LogP contribution in [0.1, 0.15) is 30.8 Å². The lowest BCUT2D eigenvalue weighted by Gasteiger charge is -2.26. The Balaban J connectivity index is 2.04. The highest BCUT2D eigenvalue weighted by Crippen LogP contribution is 2.19. The van der Waals surface area contributed by atoms with E-state index in [9.17, 15) is 0 Å². The minimum atomic E-state index is 0.377. The molecular formula is C12H19N3O. The van der Waals surface area contributed by atoms with Crippen LogP contribution in [-0.4, -0.2) is 41.2 Å². The molecule has 1 fully saturated rings. The first-order valence-corrected chi connectivity index (χ1v) is 5.87. The molecule has 0 radical (unpaired) electrons. The van der Waals surface area contributed by atoms with E-state index in [-0.39, 0.29) is 0 Å². The van der Waals surface area contributed by atoms with Crippen molar-refractivity contribution in [3.63, 3.8) is 0 Å². The van der Waals surface area contributed by atoms with E-state index < -0.39 is 0 Å². The van der Waals surface area contributed by atoms with Crippen molar-refractivity contribution < 1.29 is 4.74 Å². The van der Waals surface area contributed by atoms with Crippen molar-refractivity contribution in [2.45, 2.75) is 26.3 Å². The van der Waals surface area contributed by atoms with Gasteiger partial charge in [-0.05, 0) is 20.3 Å². The maximum absolute atomic E-state index is 5.46. The summed E-state index contributed by atoms with van der Waals surface area (Å²) in [5.41, 5.74) is 1.19. The van der Waals surface area contributed by atoms with Gasteiger partial charge in [-0.3, -0.25) is 4.90 Å². The van der Waals surface area contributed by atoms with Crippen molar-refractivity contribution in [1.29, 1.82) is 0 Å². The quantitative estimate of drug-likeness (QED) is 0.759. The number of aryl methyl sites for hydroxylation is 1. The Morgan fingerprint density at radius 3 is 2.75 bits per heavy atom. The lowest BCUT2D eigenvalue weighted by atomic mass is 10.1. The van der Waals surface area contributed by atoms with E-state index in [2.05, 4.69) is 21.8 Å². The molecule has 0 spiro atoms. The van der Waals surface area contributed by atoms with Gasteiger partial charge in [-0.2, -0.15) is 0 Å². The van der Waals surface area contributed by atoms with Gasteiger partial charge in [-0.25, -0.2) is 9.97 Å². The predicted octanol–water partition coefficient (Wildman–Crippen LogP) is 1.57. The normalized spacial score (nSPS) is 20.4. The molecule has 0 aliphatic carbocycles. The smallest absolute Gasteiger partial charge is 0.125 e. The minimum absolute atomic E-state index is 0.377. The Morgan fingerprint density at radius 1 is 1.25 bits per heavy atom. The third-order valence-electron chi connectivity index (χ3n) is 3.09. The van der Waals surface area contributed by atoms with Crippen LogP contribution in [0.4, 0.5) is 0 Å². The van der Waals surface area contributed by atoms with Gasteiger partial charge < -0.3 is 4.74 Å². The number of nitrogens with zero attached hydrogens (tertiary/aromatic N) is 3. The number of ether oxygens (including phenoxy) is 1. The Bertz CT molecular complexity index is 318. The van der Waals surface area contributed by atoms with Crippen LogP contribution >= 0.6 is 0 Å². The molecule has 0 saturated carbocycles. The molecule has 1 aliphatic heterocycles. The second-order valence-corrected chi connectivity index (χ2v) is 4.24. The lowest BCUT2D eigenvalue weighted by Crippen LogP contribution is -2.29. The Kier molecular flexibility index (Phi) is 3.85. The summed E-state index contributed by atoms with van der Waals surface area (Å²) in [7, 11) is 0. The molecule has 1 aliphatic rings. The van der Waals surface area contributed by atoms with Crippen molar-refractivity contribution in [3.05, 3.63) is 23.8 Å². The molecule has 0 bridgehead atoms. The zero-order chi connectivity index (χ0) is 11.4. The molecule has 0 aromatic carbocycles. The first-order valence-electron chi connectivity index (χ1n) is 5.87. The molecule has 1 atom stereocenters. The monoisotopic (exact) mass is 221 g/mol. The maximum atomic E-state index is 5.46. The van der Waals surface area contributed by atoms with Crippen LogP contribution < -0.4 is 0 Å². The fraction of sp³-hybridized carbons (Fsp3) is 0.667. The topological polar surface area (TPSA) is 38.2 Å². The summed E-state index contributed by atoms with van der Waals surface area (Å²) in [5.74, 6) is 0.829. The molecule has 0 amide bonds. The molecule has 2 heterocycles. The molecule has 1 aromatic heterocycles. The van der Waals surface area contributed by atoms with Crippen LogP contribution in [0.5, 0.6) is 0 Å². The highest BCUT2D eigenvalue weighted by atomic mass is 16.5. The summed E-state index contributed by atoms with van der Waals surface area (Å²) < 4.78 is 5.46. The number of aromatic nitrogens is 2. The zero-order valence-electron chi connectivity index (χ0n) is 10.0. The molecule has 88 valence electrons. The van der Waals surface area contributed by atoms with Gasteiger partial charge >= 0.3 is 0 Å². The summed E-state index contributed by atoms with van der Waals surface area (Å²) in [6, 6.07) is 0.377. The van der Waals surface area contributed by atoms with Crippen molar-refractivity contribution >= 4 is 0 Å². The van der Waals surface area contributed by atoms with Crippen molar-refractivity contribution in [2.75, 3.05) is 26.3 Å². The SMILES string of the molecule is Cc1ncc(C(C)N2CCCOCC2)cn1. The van der Waals surface area contributed by atoms with Gasteiger partial charge in [0.1, 0.15) is 5.82 Å². The van der Waals surface area contributed by atoms with E-state index in [1.54, 1.807) is 0 Å². The second-order valence-electron chi connectivity index (χ2n) is 4.24. The fourth-order valence-electron chi connectivity index (χ4n) is 1.98.